The maximum Gasteiger partial charge on any atom is 0.323 e. The van der Waals surface area contributed by atoms with Gasteiger partial charge in [-0.3, -0.25) is 9.69 Å². The van der Waals surface area contributed by atoms with E-state index in [-0.39, 0.29) is 12.0 Å². The molecule has 1 aromatic heterocycles. The molecule has 102 valence electrons. The van der Waals surface area contributed by atoms with Gasteiger partial charge in [-0.25, -0.2) is 0 Å². The molecule has 18 heavy (non-hydrogen) atoms. The summed E-state index contributed by atoms with van der Waals surface area (Å²) < 4.78 is 10.4. The minimum atomic E-state index is -0.194. The van der Waals surface area contributed by atoms with E-state index >= 15 is 0 Å². The minimum absolute atomic E-state index is 0.172. The summed E-state index contributed by atoms with van der Waals surface area (Å²) in [6.45, 7) is 4.65. The van der Waals surface area contributed by atoms with Gasteiger partial charge in [0.05, 0.1) is 13.7 Å². The predicted octanol–water partition coefficient (Wildman–Crippen LogP) is 2.75. The van der Waals surface area contributed by atoms with Crippen LogP contribution in [0.25, 0.3) is 0 Å². The summed E-state index contributed by atoms with van der Waals surface area (Å²) in [5, 5.41) is 0. The zero-order valence-electron chi connectivity index (χ0n) is 11.7. The van der Waals surface area contributed by atoms with Gasteiger partial charge in [-0.1, -0.05) is 19.8 Å². The molecule has 0 N–H and O–H groups in total. The molecule has 0 saturated heterocycles. The Balaban J connectivity index is 2.63. The van der Waals surface area contributed by atoms with E-state index in [1.165, 1.54) is 7.11 Å². The van der Waals surface area contributed by atoms with Gasteiger partial charge in [0.2, 0.25) is 0 Å². The number of esters is 1. The molecule has 0 aliphatic heterocycles. The zero-order valence-corrected chi connectivity index (χ0v) is 11.7. The van der Waals surface area contributed by atoms with Crippen LogP contribution in [-0.4, -0.2) is 31.1 Å². The molecular weight excluding hydrogens is 230 g/mol. The number of carbonyl (C=O) groups excluding carboxylic acids is 1. The number of ether oxygens (including phenoxy) is 1. The monoisotopic (exact) mass is 253 g/mol. The fraction of sp³-hybridized carbons (Fsp3) is 0.643. The number of methoxy groups -OCH3 is 1. The average Bonchev–Trinajstić information content (AvgIpc) is 2.74. The third-order valence-electron chi connectivity index (χ3n) is 3.04. The molecule has 0 spiro atoms. The highest BCUT2D eigenvalue weighted by Crippen LogP contribution is 2.14. The Morgan fingerprint density at radius 1 is 1.50 bits per heavy atom. The molecule has 0 saturated carbocycles. The first kappa shape index (κ1) is 14.8. The summed E-state index contributed by atoms with van der Waals surface area (Å²) in [6.07, 6.45) is 2.90. The van der Waals surface area contributed by atoms with Gasteiger partial charge in [0, 0.05) is 0 Å². The molecular formula is C14H23NO3. The Morgan fingerprint density at radius 2 is 2.22 bits per heavy atom. The Labute approximate surface area is 109 Å². The number of likely N-dealkylation sites (N-methyl/N-ethyl adjacent to an activating group) is 1. The fourth-order valence-corrected chi connectivity index (χ4v) is 1.98. The van der Waals surface area contributed by atoms with Crippen molar-refractivity contribution in [1.82, 2.24) is 4.90 Å². The van der Waals surface area contributed by atoms with Crippen LogP contribution < -0.4 is 0 Å². The molecule has 1 unspecified atom stereocenters. The van der Waals surface area contributed by atoms with Gasteiger partial charge in [0.1, 0.15) is 17.6 Å². The first-order valence-corrected chi connectivity index (χ1v) is 6.41. The third-order valence-corrected chi connectivity index (χ3v) is 3.04. The second-order valence-corrected chi connectivity index (χ2v) is 4.61. The first-order valence-electron chi connectivity index (χ1n) is 6.41. The van der Waals surface area contributed by atoms with Crippen molar-refractivity contribution in [2.75, 3.05) is 14.2 Å². The molecule has 4 heteroatoms. The number of aryl methyl sites for hydroxylation is 1. The van der Waals surface area contributed by atoms with Crippen LogP contribution in [0.4, 0.5) is 0 Å². The van der Waals surface area contributed by atoms with Crippen LogP contribution in [0.15, 0.2) is 16.5 Å². The Morgan fingerprint density at radius 3 is 2.72 bits per heavy atom. The van der Waals surface area contributed by atoms with Gasteiger partial charge in [0.25, 0.3) is 0 Å². The van der Waals surface area contributed by atoms with Crippen molar-refractivity contribution in [3.05, 3.63) is 23.7 Å². The molecule has 0 radical (unpaired) electrons. The number of unbranched alkanes of at least 4 members (excludes halogenated alkanes) is 1. The van der Waals surface area contributed by atoms with E-state index in [0.29, 0.717) is 6.54 Å². The van der Waals surface area contributed by atoms with Gasteiger partial charge < -0.3 is 9.15 Å². The van der Waals surface area contributed by atoms with Crippen LogP contribution in [0.5, 0.6) is 0 Å². The van der Waals surface area contributed by atoms with E-state index < -0.39 is 0 Å². The third kappa shape index (κ3) is 4.18. The lowest BCUT2D eigenvalue weighted by atomic mass is 10.1. The second kappa shape index (κ2) is 7.21. The SMILES string of the molecule is CCCCC(C(=O)OC)N(C)Cc1ccc(C)o1. The molecule has 1 atom stereocenters. The highest BCUT2D eigenvalue weighted by atomic mass is 16.5. The Kier molecular flexibility index (Phi) is 5.92. The van der Waals surface area contributed by atoms with E-state index in [4.69, 9.17) is 9.15 Å². The second-order valence-electron chi connectivity index (χ2n) is 4.61. The number of hydrogen-bond donors (Lipinski definition) is 0. The van der Waals surface area contributed by atoms with E-state index in [2.05, 4.69) is 6.92 Å². The molecule has 0 bridgehead atoms. The van der Waals surface area contributed by atoms with Crippen molar-refractivity contribution in [3.8, 4) is 0 Å². The van der Waals surface area contributed by atoms with Crippen LogP contribution in [-0.2, 0) is 16.1 Å². The maximum absolute atomic E-state index is 11.8. The molecule has 0 aliphatic carbocycles. The van der Waals surface area contributed by atoms with Crippen molar-refractivity contribution >= 4 is 5.97 Å². The van der Waals surface area contributed by atoms with E-state index in [1.807, 2.05) is 31.0 Å². The molecule has 4 nitrogen and oxygen atoms in total. The van der Waals surface area contributed by atoms with Crippen molar-refractivity contribution < 1.29 is 13.9 Å². The number of carbonyl (C=O) groups is 1. The summed E-state index contributed by atoms with van der Waals surface area (Å²) in [4.78, 5) is 13.7. The summed E-state index contributed by atoms with van der Waals surface area (Å²) >= 11 is 0. The highest BCUT2D eigenvalue weighted by molar-refractivity contribution is 5.75. The van der Waals surface area contributed by atoms with Gasteiger partial charge in [-0.2, -0.15) is 0 Å². The molecule has 1 rings (SSSR count). The minimum Gasteiger partial charge on any atom is -0.468 e. The molecule has 0 aliphatic rings. The average molecular weight is 253 g/mol. The summed E-state index contributed by atoms with van der Waals surface area (Å²) in [5.74, 6) is 1.59. The van der Waals surface area contributed by atoms with Crippen LogP contribution in [0.1, 0.15) is 37.7 Å². The zero-order chi connectivity index (χ0) is 13.5. The number of nitrogens with zero attached hydrogens (tertiary/aromatic N) is 1. The summed E-state index contributed by atoms with van der Waals surface area (Å²) in [7, 11) is 3.36. The lowest BCUT2D eigenvalue weighted by Gasteiger charge is -2.24. The van der Waals surface area contributed by atoms with E-state index in [0.717, 1.165) is 30.8 Å². The van der Waals surface area contributed by atoms with Gasteiger partial charge >= 0.3 is 5.97 Å². The summed E-state index contributed by atoms with van der Waals surface area (Å²) in [5.41, 5.74) is 0. The molecule has 1 heterocycles. The molecule has 0 fully saturated rings. The highest BCUT2D eigenvalue weighted by Gasteiger charge is 2.24. The summed E-state index contributed by atoms with van der Waals surface area (Å²) in [6, 6.07) is 3.68. The standard InChI is InChI=1S/C14H23NO3/c1-5-6-7-13(14(16)17-4)15(3)10-12-9-8-11(2)18-12/h8-9,13H,5-7,10H2,1-4H3. The van der Waals surface area contributed by atoms with Crippen molar-refractivity contribution in [3.63, 3.8) is 0 Å². The van der Waals surface area contributed by atoms with Gasteiger partial charge in [-0.15, -0.1) is 0 Å². The van der Waals surface area contributed by atoms with Crippen LogP contribution in [0, 0.1) is 6.92 Å². The molecule has 1 aromatic rings. The van der Waals surface area contributed by atoms with Crippen molar-refractivity contribution in [1.29, 1.82) is 0 Å². The topological polar surface area (TPSA) is 42.7 Å². The number of rotatable bonds is 7. The fourth-order valence-electron chi connectivity index (χ4n) is 1.98. The van der Waals surface area contributed by atoms with Gasteiger partial charge in [0.15, 0.2) is 0 Å². The van der Waals surface area contributed by atoms with Crippen LogP contribution in [0.3, 0.4) is 0 Å². The normalized spacial score (nSPS) is 12.7. The maximum atomic E-state index is 11.8. The van der Waals surface area contributed by atoms with Crippen LogP contribution in [0.2, 0.25) is 0 Å². The Bertz CT molecular complexity index is 373. The van der Waals surface area contributed by atoms with Gasteiger partial charge in [-0.05, 0) is 32.5 Å². The molecule has 0 aromatic carbocycles. The quantitative estimate of drug-likeness (QED) is 0.701. The van der Waals surface area contributed by atoms with Crippen molar-refractivity contribution in [2.45, 2.75) is 45.7 Å². The van der Waals surface area contributed by atoms with E-state index in [9.17, 15) is 4.79 Å². The lowest BCUT2D eigenvalue weighted by molar-refractivity contribution is -0.147. The van der Waals surface area contributed by atoms with Crippen molar-refractivity contribution in [2.24, 2.45) is 0 Å². The number of hydrogen-bond acceptors (Lipinski definition) is 4. The smallest absolute Gasteiger partial charge is 0.323 e. The predicted molar refractivity (Wildman–Crippen MR) is 70.2 cm³/mol. The Hall–Kier alpha value is -1.29. The van der Waals surface area contributed by atoms with Crippen LogP contribution >= 0.6 is 0 Å². The number of furan rings is 1. The first-order chi connectivity index (χ1) is 8.58. The van der Waals surface area contributed by atoms with E-state index in [1.54, 1.807) is 0 Å². The lowest BCUT2D eigenvalue weighted by Crippen LogP contribution is -2.38. The molecule has 0 amide bonds. The largest absolute Gasteiger partial charge is 0.468 e.